The van der Waals surface area contributed by atoms with Gasteiger partial charge in [0, 0.05) is 13.1 Å². The van der Waals surface area contributed by atoms with E-state index in [-0.39, 0.29) is 52.4 Å². The summed E-state index contributed by atoms with van der Waals surface area (Å²) in [6, 6.07) is 0. The predicted molar refractivity (Wildman–Crippen MR) is 109 cm³/mol. The van der Waals surface area contributed by atoms with Gasteiger partial charge in [0.1, 0.15) is 11.1 Å². The quantitative estimate of drug-likeness (QED) is 0.217. The second kappa shape index (κ2) is 13.9. The average molecular weight is 433 g/mol. The minimum atomic E-state index is -1.30. The lowest BCUT2D eigenvalue weighted by Gasteiger charge is -2.30. The number of esters is 4. The smallest absolute Gasteiger partial charge is 0.326 e. The van der Waals surface area contributed by atoms with Gasteiger partial charge in [0.05, 0.1) is 39.3 Å². The van der Waals surface area contributed by atoms with Crippen molar-refractivity contribution in [3.05, 3.63) is 0 Å². The van der Waals surface area contributed by atoms with Crippen LogP contribution in [-0.4, -0.2) is 74.5 Å². The van der Waals surface area contributed by atoms with Crippen molar-refractivity contribution in [3.8, 4) is 0 Å². The van der Waals surface area contributed by atoms with Gasteiger partial charge in [0.2, 0.25) is 0 Å². The van der Waals surface area contributed by atoms with Crippen molar-refractivity contribution in [1.29, 1.82) is 0 Å². The first kappa shape index (κ1) is 27.8. The van der Waals surface area contributed by atoms with Crippen LogP contribution in [0.5, 0.6) is 0 Å². The van der Waals surface area contributed by atoms with Gasteiger partial charge in [0.15, 0.2) is 0 Å². The number of carbonyl (C=O) groups excluding carboxylic acids is 4. The van der Waals surface area contributed by atoms with Crippen LogP contribution in [0.25, 0.3) is 0 Å². The van der Waals surface area contributed by atoms with E-state index < -0.39 is 35.0 Å². The van der Waals surface area contributed by atoms with Crippen LogP contribution in [0.3, 0.4) is 0 Å². The molecule has 0 amide bonds. The zero-order chi connectivity index (χ0) is 23.2. The molecule has 0 aliphatic rings. The van der Waals surface area contributed by atoms with Crippen molar-refractivity contribution in [2.75, 3.05) is 39.5 Å². The van der Waals surface area contributed by atoms with E-state index in [1.54, 1.807) is 41.5 Å². The Bertz CT molecular complexity index is 533. The Morgan fingerprint density at radius 3 is 1.17 bits per heavy atom. The van der Waals surface area contributed by atoms with Crippen molar-refractivity contribution in [2.24, 2.45) is 0 Å². The van der Waals surface area contributed by atoms with Crippen LogP contribution in [0.1, 0.15) is 54.4 Å². The van der Waals surface area contributed by atoms with Gasteiger partial charge in [-0.25, -0.2) is 0 Å². The molecule has 0 aliphatic carbocycles. The molecular formula is C20H36N2O8. The first-order valence-corrected chi connectivity index (χ1v) is 10.2. The minimum absolute atomic E-state index is 0.164. The molecule has 0 aromatic rings. The number of hydrogen-bond donors (Lipinski definition) is 2. The highest BCUT2D eigenvalue weighted by Crippen LogP contribution is 2.15. The maximum absolute atomic E-state index is 12.4. The van der Waals surface area contributed by atoms with E-state index in [4.69, 9.17) is 18.9 Å². The van der Waals surface area contributed by atoms with Crippen LogP contribution in [0.2, 0.25) is 0 Å². The number of ether oxygens (including phenoxy) is 4. The molecule has 10 heteroatoms. The second-order valence-electron chi connectivity index (χ2n) is 6.92. The monoisotopic (exact) mass is 432 g/mol. The molecule has 0 aromatic carbocycles. The van der Waals surface area contributed by atoms with Crippen LogP contribution in [0.15, 0.2) is 0 Å². The molecule has 0 aliphatic heterocycles. The van der Waals surface area contributed by atoms with Crippen LogP contribution < -0.4 is 10.6 Å². The third-order valence-electron chi connectivity index (χ3n) is 4.21. The van der Waals surface area contributed by atoms with Crippen LogP contribution in [-0.2, 0) is 38.1 Å². The zero-order valence-electron chi connectivity index (χ0n) is 18.9. The van der Waals surface area contributed by atoms with Gasteiger partial charge in [-0.1, -0.05) is 0 Å². The van der Waals surface area contributed by atoms with Crippen molar-refractivity contribution in [2.45, 2.75) is 65.5 Å². The number of carbonyl (C=O) groups is 4. The standard InChI is InChI=1S/C20H36N2O8/c1-7-27-15(23)13-19(5,17(25)29-9-3)21-11-12-22-20(6,18(26)30-10-4)14-16(24)28-8-2/h21-22H,7-14H2,1-6H3/t19-,20-/m0/s1. The van der Waals surface area contributed by atoms with E-state index in [0.717, 1.165) is 0 Å². The van der Waals surface area contributed by atoms with E-state index >= 15 is 0 Å². The summed E-state index contributed by atoms with van der Waals surface area (Å²) in [4.78, 5) is 48.5. The molecule has 0 radical (unpaired) electrons. The van der Waals surface area contributed by atoms with E-state index in [1.165, 1.54) is 0 Å². The second-order valence-corrected chi connectivity index (χ2v) is 6.92. The highest BCUT2D eigenvalue weighted by atomic mass is 16.5. The van der Waals surface area contributed by atoms with Gasteiger partial charge in [-0.3, -0.25) is 19.2 Å². The fourth-order valence-electron chi connectivity index (χ4n) is 2.67. The molecule has 0 heterocycles. The summed E-state index contributed by atoms with van der Waals surface area (Å²) in [5, 5.41) is 5.97. The Labute approximate surface area is 178 Å². The van der Waals surface area contributed by atoms with Gasteiger partial charge >= 0.3 is 23.9 Å². The van der Waals surface area contributed by atoms with Crippen LogP contribution in [0, 0.1) is 0 Å². The lowest BCUT2D eigenvalue weighted by Crippen LogP contribution is -2.57. The lowest BCUT2D eigenvalue weighted by molar-refractivity contribution is -0.157. The van der Waals surface area contributed by atoms with Crippen molar-refractivity contribution >= 4 is 23.9 Å². The number of nitrogens with one attached hydrogen (secondary N) is 2. The van der Waals surface area contributed by atoms with Gasteiger partial charge in [-0.05, 0) is 41.5 Å². The van der Waals surface area contributed by atoms with Crippen molar-refractivity contribution < 1.29 is 38.1 Å². The fraction of sp³-hybridized carbons (Fsp3) is 0.800. The van der Waals surface area contributed by atoms with E-state index in [1.807, 2.05) is 0 Å². The predicted octanol–water partition coefficient (Wildman–Crippen LogP) is 0.716. The van der Waals surface area contributed by atoms with E-state index in [2.05, 4.69) is 10.6 Å². The molecule has 30 heavy (non-hydrogen) atoms. The summed E-state index contributed by atoms with van der Waals surface area (Å²) in [5.41, 5.74) is -2.60. The first-order valence-electron chi connectivity index (χ1n) is 10.2. The topological polar surface area (TPSA) is 129 Å². The Balaban J connectivity index is 5.09. The molecule has 0 unspecified atom stereocenters. The molecule has 0 saturated heterocycles. The molecule has 0 spiro atoms. The van der Waals surface area contributed by atoms with Gasteiger partial charge in [-0.15, -0.1) is 0 Å². The summed E-state index contributed by atoms with van der Waals surface area (Å²) in [6.45, 7) is 10.9. The molecule has 0 saturated carbocycles. The average Bonchev–Trinajstić information content (AvgIpc) is 2.66. The highest BCUT2D eigenvalue weighted by molar-refractivity contribution is 5.87. The molecule has 2 N–H and O–H groups in total. The van der Waals surface area contributed by atoms with Crippen LogP contribution in [0.4, 0.5) is 0 Å². The third kappa shape index (κ3) is 9.53. The summed E-state index contributed by atoms with van der Waals surface area (Å²) in [5.74, 6) is -2.24. The zero-order valence-corrected chi connectivity index (χ0v) is 18.9. The summed E-state index contributed by atoms with van der Waals surface area (Å²) in [6.07, 6.45) is -0.421. The molecular weight excluding hydrogens is 396 g/mol. The molecule has 0 aromatic heterocycles. The van der Waals surface area contributed by atoms with Crippen molar-refractivity contribution in [3.63, 3.8) is 0 Å². The Morgan fingerprint density at radius 1 is 0.600 bits per heavy atom. The number of hydrogen-bond acceptors (Lipinski definition) is 10. The van der Waals surface area contributed by atoms with Crippen LogP contribution >= 0.6 is 0 Å². The van der Waals surface area contributed by atoms with E-state index in [9.17, 15) is 19.2 Å². The molecule has 2 atom stereocenters. The summed E-state index contributed by atoms with van der Waals surface area (Å²) >= 11 is 0. The van der Waals surface area contributed by atoms with E-state index in [0.29, 0.717) is 0 Å². The maximum atomic E-state index is 12.4. The first-order chi connectivity index (χ1) is 14.1. The number of rotatable bonds is 15. The Kier molecular flexibility index (Phi) is 12.9. The van der Waals surface area contributed by atoms with Gasteiger partial charge < -0.3 is 29.6 Å². The van der Waals surface area contributed by atoms with Crippen molar-refractivity contribution in [1.82, 2.24) is 10.6 Å². The molecule has 0 bridgehead atoms. The largest absolute Gasteiger partial charge is 0.466 e. The molecule has 10 nitrogen and oxygen atoms in total. The molecule has 0 fully saturated rings. The Morgan fingerprint density at radius 2 is 0.900 bits per heavy atom. The SMILES string of the molecule is CCOC(=O)C[C@](C)(NCCN[C@@](C)(CC(=O)OCC)C(=O)OCC)C(=O)OCC. The fourth-order valence-corrected chi connectivity index (χ4v) is 2.67. The maximum Gasteiger partial charge on any atom is 0.326 e. The third-order valence-corrected chi connectivity index (χ3v) is 4.21. The highest BCUT2D eigenvalue weighted by Gasteiger charge is 2.39. The van der Waals surface area contributed by atoms with Gasteiger partial charge in [-0.2, -0.15) is 0 Å². The summed E-state index contributed by atoms with van der Waals surface area (Å²) < 4.78 is 20.0. The molecule has 0 rings (SSSR count). The minimum Gasteiger partial charge on any atom is -0.466 e. The normalized spacial score (nSPS) is 14.7. The lowest BCUT2D eigenvalue weighted by atomic mass is 9.96. The summed E-state index contributed by atoms with van der Waals surface area (Å²) in [7, 11) is 0. The Hall–Kier alpha value is -2.20. The molecule has 174 valence electrons. The van der Waals surface area contributed by atoms with Gasteiger partial charge in [0.25, 0.3) is 0 Å².